The quantitative estimate of drug-likeness (QED) is 0.855. The number of rotatable bonds is 3. The first-order valence-electron chi connectivity index (χ1n) is 9.59. The highest BCUT2D eigenvalue weighted by Crippen LogP contribution is 2.39. The van der Waals surface area contributed by atoms with E-state index in [0.717, 1.165) is 56.8 Å². The van der Waals surface area contributed by atoms with Crippen LogP contribution in [0.2, 0.25) is 0 Å². The average Bonchev–Trinajstić information content (AvgIpc) is 3.38. The summed E-state index contributed by atoms with van der Waals surface area (Å²) in [6.45, 7) is 2.66. The van der Waals surface area contributed by atoms with Gasteiger partial charge in [0.05, 0.1) is 17.9 Å². The van der Waals surface area contributed by atoms with Gasteiger partial charge in [0.15, 0.2) is 5.82 Å². The Morgan fingerprint density at radius 2 is 2.11 bits per heavy atom. The summed E-state index contributed by atoms with van der Waals surface area (Å²) in [6, 6.07) is 7.90. The Balaban J connectivity index is 1.45. The van der Waals surface area contributed by atoms with Crippen LogP contribution in [0, 0.1) is 0 Å². The molecule has 2 fully saturated rings. The lowest BCUT2D eigenvalue weighted by Gasteiger charge is -2.45. The maximum atomic E-state index is 13.5. The number of ether oxygens (including phenoxy) is 1. The van der Waals surface area contributed by atoms with Crippen molar-refractivity contribution in [1.29, 1.82) is 0 Å². The van der Waals surface area contributed by atoms with Crippen LogP contribution in [0.1, 0.15) is 43.5 Å². The van der Waals surface area contributed by atoms with Gasteiger partial charge in [-0.1, -0.05) is 17.3 Å². The van der Waals surface area contributed by atoms with Crippen molar-refractivity contribution in [2.45, 2.75) is 43.9 Å². The molecule has 1 aromatic carbocycles. The second-order valence-corrected chi connectivity index (χ2v) is 7.42. The molecule has 2 aromatic rings. The van der Waals surface area contributed by atoms with E-state index in [1.54, 1.807) is 4.90 Å². The number of hydrogen-bond donors (Lipinski definition) is 2. The molecular weight excluding hydrogens is 346 g/mol. The molecule has 8 nitrogen and oxygen atoms in total. The molecule has 1 amide bonds. The molecule has 3 aliphatic rings. The lowest BCUT2D eigenvalue weighted by atomic mass is 9.84. The van der Waals surface area contributed by atoms with Gasteiger partial charge < -0.3 is 24.8 Å². The van der Waals surface area contributed by atoms with Gasteiger partial charge in [0.1, 0.15) is 11.6 Å². The molecule has 4 heterocycles. The third kappa shape index (κ3) is 2.89. The SMILES string of the molecule is O=C1N(Cc2noc([C@@H]3CCCO3)n2)c2ccccc2NC12CCNCC2. The standard InChI is InChI=1S/C19H23N5O3/c25-18-19(7-9-20-10-8-19)22-13-4-1-2-5-14(13)24(18)12-16-21-17(27-23-16)15-6-3-11-26-15/h1-2,4-5,15,20,22H,3,6-12H2/t15-/m0/s1. The van der Waals surface area contributed by atoms with Crippen LogP contribution < -0.4 is 15.5 Å². The van der Waals surface area contributed by atoms with Gasteiger partial charge in [0, 0.05) is 6.61 Å². The van der Waals surface area contributed by atoms with Crippen molar-refractivity contribution in [3.63, 3.8) is 0 Å². The fraction of sp³-hybridized carbons (Fsp3) is 0.526. The predicted octanol–water partition coefficient (Wildman–Crippen LogP) is 2.00. The number of piperidine rings is 1. The van der Waals surface area contributed by atoms with E-state index in [9.17, 15) is 4.79 Å². The van der Waals surface area contributed by atoms with Crippen LogP contribution in [-0.2, 0) is 16.1 Å². The maximum absolute atomic E-state index is 13.5. The van der Waals surface area contributed by atoms with Crippen molar-refractivity contribution in [3.05, 3.63) is 36.0 Å². The number of aromatic nitrogens is 2. The fourth-order valence-corrected chi connectivity index (χ4v) is 4.22. The molecule has 27 heavy (non-hydrogen) atoms. The second-order valence-electron chi connectivity index (χ2n) is 7.42. The van der Waals surface area contributed by atoms with Crippen LogP contribution in [0.5, 0.6) is 0 Å². The van der Waals surface area contributed by atoms with E-state index in [-0.39, 0.29) is 12.0 Å². The summed E-state index contributed by atoms with van der Waals surface area (Å²) in [4.78, 5) is 19.7. The van der Waals surface area contributed by atoms with E-state index in [1.165, 1.54) is 0 Å². The Morgan fingerprint density at radius 1 is 1.26 bits per heavy atom. The fourth-order valence-electron chi connectivity index (χ4n) is 4.22. The first kappa shape index (κ1) is 16.7. The van der Waals surface area contributed by atoms with Crippen molar-refractivity contribution in [2.75, 3.05) is 29.9 Å². The summed E-state index contributed by atoms with van der Waals surface area (Å²) in [5.41, 5.74) is 1.26. The van der Waals surface area contributed by atoms with Crippen molar-refractivity contribution in [2.24, 2.45) is 0 Å². The van der Waals surface area contributed by atoms with Crippen molar-refractivity contribution in [3.8, 4) is 0 Å². The summed E-state index contributed by atoms with van der Waals surface area (Å²) >= 11 is 0. The van der Waals surface area contributed by atoms with Crippen LogP contribution in [0.15, 0.2) is 28.8 Å². The van der Waals surface area contributed by atoms with Gasteiger partial charge in [-0.15, -0.1) is 0 Å². The number of carbonyl (C=O) groups excluding carboxylic acids is 1. The van der Waals surface area contributed by atoms with Crippen LogP contribution in [0.4, 0.5) is 11.4 Å². The molecule has 0 aliphatic carbocycles. The molecule has 0 radical (unpaired) electrons. The van der Waals surface area contributed by atoms with E-state index in [1.807, 2.05) is 24.3 Å². The summed E-state index contributed by atoms with van der Waals surface area (Å²) < 4.78 is 11.0. The molecule has 142 valence electrons. The van der Waals surface area contributed by atoms with Crippen molar-refractivity contribution < 1.29 is 14.1 Å². The number of carbonyl (C=O) groups is 1. The Hall–Kier alpha value is -2.45. The molecule has 1 aromatic heterocycles. The first-order chi connectivity index (χ1) is 13.3. The Bertz CT molecular complexity index is 839. The monoisotopic (exact) mass is 369 g/mol. The highest BCUT2D eigenvalue weighted by Gasteiger charge is 2.46. The number of amides is 1. The van der Waals surface area contributed by atoms with Gasteiger partial charge in [-0.3, -0.25) is 4.79 Å². The van der Waals surface area contributed by atoms with Gasteiger partial charge >= 0.3 is 0 Å². The van der Waals surface area contributed by atoms with Gasteiger partial charge in [-0.2, -0.15) is 4.98 Å². The molecule has 3 aliphatic heterocycles. The number of anilines is 2. The number of fused-ring (bicyclic) bond motifs is 1. The van der Waals surface area contributed by atoms with Crippen LogP contribution in [0.25, 0.3) is 0 Å². The Kier molecular flexibility index (Phi) is 4.09. The zero-order chi connectivity index (χ0) is 18.3. The van der Waals surface area contributed by atoms with E-state index in [0.29, 0.717) is 18.3 Å². The predicted molar refractivity (Wildman–Crippen MR) is 98.3 cm³/mol. The lowest BCUT2D eigenvalue weighted by molar-refractivity contribution is -0.124. The van der Waals surface area contributed by atoms with Crippen LogP contribution in [-0.4, -0.2) is 41.3 Å². The minimum atomic E-state index is -0.569. The molecule has 1 atom stereocenters. The zero-order valence-corrected chi connectivity index (χ0v) is 15.1. The first-order valence-corrected chi connectivity index (χ1v) is 9.59. The van der Waals surface area contributed by atoms with Gasteiger partial charge in [0.25, 0.3) is 11.8 Å². The van der Waals surface area contributed by atoms with E-state index in [2.05, 4.69) is 20.8 Å². The lowest BCUT2D eigenvalue weighted by Crippen LogP contribution is -2.61. The topological polar surface area (TPSA) is 92.5 Å². The van der Waals surface area contributed by atoms with E-state index >= 15 is 0 Å². The largest absolute Gasteiger partial charge is 0.369 e. The summed E-state index contributed by atoms with van der Waals surface area (Å²) in [6.07, 6.45) is 3.29. The number of nitrogens with zero attached hydrogens (tertiary/aromatic N) is 3. The highest BCUT2D eigenvalue weighted by atomic mass is 16.5. The molecule has 5 rings (SSSR count). The molecule has 2 saturated heterocycles. The van der Waals surface area contributed by atoms with Crippen molar-refractivity contribution in [1.82, 2.24) is 15.5 Å². The normalized spacial score (nSPS) is 24.1. The number of nitrogens with one attached hydrogen (secondary N) is 2. The maximum Gasteiger partial charge on any atom is 0.255 e. The summed E-state index contributed by atoms with van der Waals surface area (Å²) in [5.74, 6) is 1.09. The highest BCUT2D eigenvalue weighted by molar-refractivity contribution is 6.07. The number of benzene rings is 1. The molecular formula is C19H23N5O3. The third-order valence-corrected chi connectivity index (χ3v) is 5.67. The molecule has 8 heteroatoms. The molecule has 2 N–H and O–H groups in total. The molecule has 0 saturated carbocycles. The average molecular weight is 369 g/mol. The smallest absolute Gasteiger partial charge is 0.255 e. The Morgan fingerprint density at radius 3 is 2.93 bits per heavy atom. The van der Waals surface area contributed by atoms with E-state index < -0.39 is 5.54 Å². The third-order valence-electron chi connectivity index (χ3n) is 5.67. The van der Waals surface area contributed by atoms with Crippen LogP contribution in [0.3, 0.4) is 0 Å². The van der Waals surface area contributed by atoms with Crippen molar-refractivity contribution >= 4 is 17.3 Å². The molecule has 0 bridgehead atoms. The number of hydrogen-bond acceptors (Lipinski definition) is 7. The van der Waals surface area contributed by atoms with Gasteiger partial charge in [0.2, 0.25) is 0 Å². The van der Waals surface area contributed by atoms with Gasteiger partial charge in [-0.05, 0) is 50.9 Å². The summed E-state index contributed by atoms with van der Waals surface area (Å²) in [7, 11) is 0. The van der Waals surface area contributed by atoms with Crippen LogP contribution >= 0.6 is 0 Å². The minimum absolute atomic E-state index is 0.0752. The molecule has 1 spiro atoms. The van der Waals surface area contributed by atoms with E-state index in [4.69, 9.17) is 9.26 Å². The number of para-hydroxylation sites is 2. The van der Waals surface area contributed by atoms with Gasteiger partial charge in [-0.25, -0.2) is 0 Å². The molecule has 0 unspecified atom stereocenters. The minimum Gasteiger partial charge on any atom is -0.369 e. The Labute approximate surface area is 157 Å². The summed E-state index contributed by atoms with van der Waals surface area (Å²) in [5, 5.41) is 11.0. The zero-order valence-electron chi connectivity index (χ0n) is 15.1. The second kappa shape index (κ2) is 6.61.